The average Bonchev–Trinajstić information content (AvgIpc) is 2.45. The topological polar surface area (TPSA) is 54.5 Å². The van der Waals surface area contributed by atoms with Crippen molar-refractivity contribution in [3.8, 4) is 0 Å². The van der Waals surface area contributed by atoms with Crippen LogP contribution in [0.15, 0.2) is 11.0 Å². The molecule has 0 aromatic heterocycles. The van der Waals surface area contributed by atoms with Crippen LogP contribution in [0.3, 0.4) is 0 Å². The van der Waals surface area contributed by atoms with E-state index >= 15 is 0 Å². The van der Waals surface area contributed by atoms with Gasteiger partial charge in [0.25, 0.3) is 0 Å². The minimum Gasteiger partial charge on any atom is -0.303 e. The number of aldehydes is 1. The van der Waals surface area contributed by atoms with Crippen LogP contribution in [0.4, 0.5) is 0 Å². The smallest absolute Gasteiger partial charge is 0.244 e. The van der Waals surface area contributed by atoms with Crippen molar-refractivity contribution in [3.05, 3.63) is 27.2 Å². The molecule has 0 bridgehead atoms. The molecule has 1 heterocycles. The van der Waals surface area contributed by atoms with E-state index in [0.29, 0.717) is 29.1 Å². The van der Waals surface area contributed by atoms with Crippen LogP contribution < -0.4 is 0 Å². The Labute approximate surface area is 135 Å². The van der Waals surface area contributed by atoms with Crippen molar-refractivity contribution in [2.24, 2.45) is 5.92 Å². The summed E-state index contributed by atoms with van der Waals surface area (Å²) in [6, 6.07) is 1.66. The van der Waals surface area contributed by atoms with Gasteiger partial charge in [0.05, 0.1) is 5.02 Å². The van der Waals surface area contributed by atoms with E-state index in [9.17, 15) is 13.2 Å². The molecule has 2 rings (SSSR count). The molecule has 4 nitrogen and oxygen atoms in total. The van der Waals surface area contributed by atoms with Crippen molar-refractivity contribution in [1.82, 2.24) is 4.31 Å². The number of sulfonamides is 1. The lowest BCUT2D eigenvalue weighted by Crippen LogP contribution is -2.40. The molecule has 1 aromatic rings. The quantitative estimate of drug-likeness (QED) is 0.787. The van der Waals surface area contributed by atoms with E-state index in [0.717, 1.165) is 12.7 Å². The van der Waals surface area contributed by atoms with Crippen LogP contribution in [0.5, 0.6) is 0 Å². The number of aryl methyl sites for hydroxylation is 1. The number of rotatable bonds is 3. The van der Waals surface area contributed by atoms with Crippen LogP contribution in [0, 0.1) is 19.8 Å². The summed E-state index contributed by atoms with van der Waals surface area (Å²) in [6.07, 6.45) is 2.20. The lowest BCUT2D eigenvalue weighted by molar-refractivity contribution is -0.112. The molecule has 1 aliphatic rings. The highest BCUT2D eigenvalue weighted by Gasteiger charge is 2.33. The molecule has 0 amide bonds. The Balaban J connectivity index is 2.52. The number of carbonyl (C=O) groups excluding carboxylic acids is 1. The highest BCUT2D eigenvalue weighted by Crippen LogP contribution is 2.36. The van der Waals surface area contributed by atoms with Crippen molar-refractivity contribution >= 4 is 39.5 Å². The lowest BCUT2D eigenvalue weighted by atomic mass is 10.0. The molecule has 0 N–H and O–H groups in total. The monoisotopic (exact) mass is 349 g/mol. The maximum atomic E-state index is 12.9. The van der Waals surface area contributed by atoms with E-state index in [2.05, 4.69) is 0 Å². The molecule has 1 unspecified atom stereocenters. The Morgan fingerprint density at radius 2 is 2.00 bits per heavy atom. The highest BCUT2D eigenvalue weighted by molar-refractivity contribution is 7.89. The van der Waals surface area contributed by atoms with Gasteiger partial charge in [0.15, 0.2) is 0 Å². The van der Waals surface area contributed by atoms with E-state index in [1.807, 2.05) is 0 Å². The van der Waals surface area contributed by atoms with Gasteiger partial charge in [-0.05, 0) is 43.9 Å². The maximum absolute atomic E-state index is 12.9. The first-order valence-corrected chi connectivity index (χ1v) is 8.89. The minimum absolute atomic E-state index is 0.0562. The molecule has 1 aliphatic heterocycles. The number of benzene rings is 1. The van der Waals surface area contributed by atoms with Crippen molar-refractivity contribution in [3.63, 3.8) is 0 Å². The summed E-state index contributed by atoms with van der Waals surface area (Å²) in [5.41, 5.74) is 1.07. The van der Waals surface area contributed by atoms with Gasteiger partial charge in [-0.1, -0.05) is 23.2 Å². The standard InChI is InChI=1S/C14H17Cl2NO3S/c1-9-6-12(15)10(2)14(13(9)16)21(19,20)17-5-3-4-11(7-17)8-18/h6,8,11H,3-5,7H2,1-2H3. The van der Waals surface area contributed by atoms with Gasteiger partial charge in [0.1, 0.15) is 11.2 Å². The zero-order valence-corrected chi connectivity index (χ0v) is 14.2. The number of hydrogen-bond donors (Lipinski definition) is 0. The first-order valence-electron chi connectivity index (χ1n) is 6.69. The second kappa shape index (κ2) is 6.24. The lowest BCUT2D eigenvalue weighted by Gasteiger charge is -2.30. The Hall–Kier alpha value is -0.620. The fourth-order valence-electron chi connectivity index (χ4n) is 2.55. The van der Waals surface area contributed by atoms with Gasteiger partial charge in [-0.2, -0.15) is 4.31 Å². The van der Waals surface area contributed by atoms with Crippen molar-refractivity contribution in [1.29, 1.82) is 0 Å². The van der Waals surface area contributed by atoms with Crippen LogP contribution in [-0.2, 0) is 14.8 Å². The van der Waals surface area contributed by atoms with Gasteiger partial charge in [-0.3, -0.25) is 0 Å². The number of carbonyl (C=O) groups is 1. The Kier molecular flexibility index (Phi) is 4.98. The summed E-state index contributed by atoms with van der Waals surface area (Å²) in [4.78, 5) is 11.0. The average molecular weight is 350 g/mol. The minimum atomic E-state index is -3.75. The summed E-state index contributed by atoms with van der Waals surface area (Å²) in [5, 5.41) is 0.574. The zero-order valence-electron chi connectivity index (χ0n) is 11.9. The first-order chi connectivity index (χ1) is 9.78. The zero-order chi connectivity index (χ0) is 15.8. The second-order valence-corrected chi connectivity index (χ2v) is 8.00. The van der Waals surface area contributed by atoms with Crippen LogP contribution in [0.2, 0.25) is 10.0 Å². The molecule has 0 spiro atoms. The molecule has 0 aliphatic carbocycles. The van der Waals surface area contributed by atoms with Crippen molar-refractivity contribution in [2.75, 3.05) is 13.1 Å². The molecule has 1 fully saturated rings. The van der Waals surface area contributed by atoms with Gasteiger partial charge in [0.2, 0.25) is 10.0 Å². The predicted octanol–water partition coefficient (Wildman–Crippen LogP) is 3.21. The van der Waals surface area contributed by atoms with Crippen LogP contribution in [-0.4, -0.2) is 32.1 Å². The van der Waals surface area contributed by atoms with E-state index < -0.39 is 10.0 Å². The fourth-order valence-corrected chi connectivity index (χ4v) is 5.26. The van der Waals surface area contributed by atoms with E-state index in [1.165, 1.54) is 4.31 Å². The third kappa shape index (κ3) is 3.11. The highest BCUT2D eigenvalue weighted by atomic mass is 35.5. The van der Waals surface area contributed by atoms with Gasteiger partial charge < -0.3 is 4.79 Å². The van der Waals surface area contributed by atoms with E-state index in [-0.39, 0.29) is 22.4 Å². The van der Waals surface area contributed by atoms with Crippen molar-refractivity contribution < 1.29 is 13.2 Å². The summed E-state index contributed by atoms with van der Waals surface area (Å²) >= 11 is 12.3. The molecule has 0 saturated carbocycles. The van der Waals surface area contributed by atoms with Crippen LogP contribution >= 0.6 is 23.2 Å². The third-order valence-electron chi connectivity index (χ3n) is 3.80. The maximum Gasteiger partial charge on any atom is 0.244 e. The molecule has 0 radical (unpaired) electrons. The van der Waals surface area contributed by atoms with Crippen LogP contribution in [0.1, 0.15) is 24.0 Å². The largest absolute Gasteiger partial charge is 0.303 e. The number of piperidine rings is 1. The number of nitrogens with zero attached hydrogens (tertiary/aromatic N) is 1. The second-order valence-electron chi connectivity index (χ2n) is 5.34. The summed E-state index contributed by atoms with van der Waals surface area (Å²) in [5.74, 6) is -0.257. The first kappa shape index (κ1) is 16.7. The summed E-state index contributed by atoms with van der Waals surface area (Å²) < 4.78 is 27.1. The van der Waals surface area contributed by atoms with E-state index in [1.54, 1.807) is 19.9 Å². The summed E-state index contributed by atoms with van der Waals surface area (Å²) in [6.45, 7) is 3.96. The molecule has 1 atom stereocenters. The van der Waals surface area contributed by atoms with Gasteiger partial charge >= 0.3 is 0 Å². The molecule has 1 aromatic carbocycles. The van der Waals surface area contributed by atoms with Crippen LogP contribution in [0.25, 0.3) is 0 Å². The molecule has 1 saturated heterocycles. The Morgan fingerprint density at radius 3 is 2.62 bits per heavy atom. The number of halogens is 2. The van der Waals surface area contributed by atoms with Gasteiger partial charge in [-0.25, -0.2) is 8.42 Å². The Morgan fingerprint density at radius 1 is 1.33 bits per heavy atom. The van der Waals surface area contributed by atoms with E-state index in [4.69, 9.17) is 23.2 Å². The fraction of sp³-hybridized carbons (Fsp3) is 0.500. The molecular weight excluding hydrogens is 333 g/mol. The molecule has 116 valence electrons. The predicted molar refractivity (Wildman–Crippen MR) is 83.5 cm³/mol. The molecule has 21 heavy (non-hydrogen) atoms. The SMILES string of the molecule is Cc1cc(Cl)c(C)c(S(=O)(=O)N2CCCC(C=O)C2)c1Cl. The van der Waals surface area contributed by atoms with Gasteiger partial charge in [-0.15, -0.1) is 0 Å². The van der Waals surface area contributed by atoms with Gasteiger partial charge in [0, 0.05) is 24.0 Å². The molecular formula is C14H17Cl2NO3S. The molecule has 7 heteroatoms. The summed E-state index contributed by atoms with van der Waals surface area (Å²) in [7, 11) is -3.75. The Bertz CT molecular complexity index is 647. The number of hydrogen-bond acceptors (Lipinski definition) is 3. The normalized spacial score (nSPS) is 20.5. The van der Waals surface area contributed by atoms with Crippen molar-refractivity contribution in [2.45, 2.75) is 31.6 Å². The third-order valence-corrected chi connectivity index (χ3v) is 6.83.